The molecule has 1 heteroatoms. The first kappa shape index (κ1) is 25.7. The smallest absolute Gasteiger partial charge is 0.0932 e. The van der Waals surface area contributed by atoms with E-state index in [0.29, 0.717) is 5.92 Å². The molecule has 0 heterocycles. The monoisotopic (exact) mass is 532 g/mol. The Morgan fingerprint density at radius 2 is 1.07 bits per heavy atom. The van der Waals surface area contributed by atoms with Gasteiger partial charge in [-0.05, 0) is 70.9 Å². The number of aliphatic hydroxyl groups is 1. The molecule has 0 unspecified atom stereocenters. The second-order valence-electron chi connectivity index (χ2n) is 11.9. The highest BCUT2D eigenvalue weighted by molar-refractivity contribution is 5.85. The van der Waals surface area contributed by atoms with Crippen molar-refractivity contribution in [1.29, 1.82) is 0 Å². The number of hydrogen-bond donors (Lipinski definition) is 1. The molecule has 41 heavy (non-hydrogen) atoms. The van der Waals surface area contributed by atoms with E-state index in [1.54, 1.807) is 0 Å². The van der Waals surface area contributed by atoms with Gasteiger partial charge in [-0.15, -0.1) is 0 Å². The number of rotatable bonds is 8. The Bertz CT molecular complexity index is 1570. The SMILES string of the molecule is Cc1ccc([C@H](O)C(c2ccccc2)(c2ccccc2)C2([C@@H]3CC3=C(c3ccccc3)c3ccccc3)CC2)cc1. The number of hydrogen-bond acceptors (Lipinski definition) is 1. The second kappa shape index (κ2) is 10.3. The quantitative estimate of drug-likeness (QED) is 0.211. The Balaban J connectivity index is 1.46. The lowest BCUT2D eigenvalue weighted by molar-refractivity contribution is 0.0464. The van der Waals surface area contributed by atoms with E-state index in [9.17, 15) is 5.11 Å². The summed E-state index contributed by atoms with van der Waals surface area (Å²) >= 11 is 0. The molecule has 7 rings (SSSR count). The first-order chi connectivity index (χ1) is 20.1. The summed E-state index contributed by atoms with van der Waals surface area (Å²) in [5, 5.41) is 12.7. The van der Waals surface area contributed by atoms with Crippen LogP contribution in [0.4, 0.5) is 0 Å². The zero-order valence-electron chi connectivity index (χ0n) is 23.6. The molecule has 0 aromatic heterocycles. The van der Waals surface area contributed by atoms with Crippen LogP contribution in [-0.2, 0) is 5.41 Å². The molecule has 0 spiro atoms. The zero-order valence-corrected chi connectivity index (χ0v) is 23.6. The number of aryl methyl sites for hydroxylation is 1. The fourth-order valence-electron chi connectivity index (χ4n) is 7.60. The molecule has 1 N–H and O–H groups in total. The van der Waals surface area contributed by atoms with Gasteiger partial charge in [0.25, 0.3) is 0 Å². The molecular formula is C40H36O. The van der Waals surface area contributed by atoms with Crippen LogP contribution in [-0.4, -0.2) is 5.11 Å². The van der Waals surface area contributed by atoms with Crippen LogP contribution < -0.4 is 0 Å². The van der Waals surface area contributed by atoms with Gasteiger partial charge in [0.05, 0.1) is 11.5 Å². The predicted octanol–water partition coefficient (Wildman–Crippen LogP) is 9.32. The maximum Gasteiger partial charge on any atom is 0.0932 e. The molecule has 0 amide bonds. The second-order valence-corrected chi connectivity index (χ2v) is 11.9. The summed E-state index contributed by atoms with van der Waals surface area (Å²) in [4.78, 5) is 0. The molecule has 0 aliphatic heterocycles. The van der Waals surface area contributed by atoms with Gasteiger partial charge >= 0.3 is 0 Å². The molecule has 2 aliphatic carbocycles. The molecule has 1 nitrogen and oxygen atoms in total. The number of allylic oxidation sites excluding steroid dienone is 1. The van der Waals surface area contributed by atoms with E-state index in [0.717, 1.165) is 24.8 Å². The first-order valence-electron chi connectivity index (χ1n) is 14.8. The van der Waals surface area contributed by atoms with Gasteiger partial charge < -0.3 is 5.11 Å². The van der Waals surface area contributed by atoms with Crippen LogP contribution in [0.2, 0.25) is 0 Å². The van der Waals surface area contributed by atoms with Crippen molar-refractivity contribution >= 4 is 5.57 Å². The average molecular weight is 533 g/mol. The summed E-state index contributed by atoms with van der Waals surface area (Å²) in [5.41, 5.74) is 9.33. The average Bonchev–Trinajstić information content (AvgIpc) is 3.97. The third-order valence-electron chi connectivity index (χ3n) is 9.63. The fourth-order valence-corrected chi connectivity index (χ4v) is 7.60. The highest BCUT2D eigenvalue weighted by atomic mass is 16.3. The van der Waals surface area contributed by atoms with E-state index in [-0.39, 0.29) is 5.41 Å². The van der Waals surface area contributed by atoms with Crippen LogP contribution in [0.5, 0.6) is 0 Å². The molecule has 5 aromatic carbocycles. The normalized spacial score (nSPS) is 18.0. The minimum Gasteiger partial charge on any atom is -0.387 e. The van der Waals surface area contributed by atoms with Crippen molar-refractivity contribution in [2.24, 2.45) is 11.3 Å². The largest absolute Gasteiger partial charge is 0.387 e. The van der Waals surface area contributed by atoms with Gasteiger partial charge in [-0.25, -0.2) is 0 Å². The van der Waals surface area contributed by atoms with Gasteiger partial charge in [0.15, 0.2) is 0 Å². The first-order valence-corrected chi connectivity index (χ1v) is 14.8. The van der Waals surface area contributed by atoms with E-state index in [4.69, 9.17) is 0 Å². The lowest BCUT2D eigenvalue weighted by Crippen LogP contribution is -2.45. The third kappa shape index (κ3) is 4.28. The summed E-state index contributed by atoms with van der Waals surface area (Å²) in [7, 11) is 0. The maximum absolute atomic E-state index is 12.7. The lowest BCUT2D eigenvalue weighted by atomic mass is 9.57. The van der Waals surface area contributed by atoms with Crippen molar-refractivity contribution < 1.29 is 5.11 Å². The Morgan fingerprint density at radius 1 is 0.634 bits per heavy atom. The van der Waals surface area contributed by atoms with Crippen molar-refractivity contribution in [3.63, 3.8) is 0 Å². The van der Waals surface area contributed by atoms with E-state index >= 15 is 0 Å². The Labute approximate surface area is 243 Å². The number of benzene rings is 5. The summed E-state index contributed by atoms with van der Waals surface area (Å²) in [6.45, 7) is 2.11. The topological polar surface area (TPSA) is 20.2 Å². The summed E-state index contributed by atoms with van der Waals surface area (Å²) in [6.07, 6.45) is 2.55. The van der Waals surface area contributed by atoms with Crippen LogP contribution in [0.3, 0.4) is 0 Å². The third-order valence-corrected chi connectivity index (χ3v) is 9.63. The summed E-state index contributed by atoms with van der Waals surface area (Å²) in [5.74, 6) is 0.387. The molecule has 202 valence electrons. The molecule has 2 atom stereocenters. The molecular weight excluding hydrogens is 496 g/mol. The summed E-state index contributed by atoms with van der Waals surface area (Å²) in [6, 6.07) is 51.9. The predicted molar refractivity (Wildman–Crippen MR) is 168 cm³/mol. The molecule has 0 saturated heterocycles. The van der Waals surface area contributed by atoms with Crippen molar-refractivity contribution in [3.05, 3.63) is 185 Å². The maximum atomic E-state index is 12.7. The van der Waals surface area contributed by atoms with Crippen LogP contribution in [0.1, 0.15) is 58.7 Å². The summed E-state index contributed by atoms with van der Waals surface area (Å²) < 4.78 is 0. The van der Waals surface area contributed by atoms with Crippen molar-refractivity contribution in [2.45, 2.75) is 37.7 Å². The molecule has 0 bridgehead atoms. The van der Waals surface area contributed by atoms with Gasteiger partial charge in [-0.3, -0.25) is 0 Å². The minimum atomic E-state index is -0.686. The highest BCUT2D eigenvalue weighted by Crippen LogP contribution is 2.76. The van der Waals surface area contributed by atoms with E-state index < -0.39 is 11.5 Å². The van der Waals surface area contributed by atoms with Crippen molar-refractivity contribution in [3.8, 4) is 0 Å². The Morgan fingerprint density at radius 3 is 1.51 bits per heavy atom. The van der Waals surface area contributed by atoms with Crippen molar-refractivity contribution in [1.82, 2.24) is 0 Å². The molecule has 5 aromatic rings. The lowest BCUT2D eigenvalue weighted by Gasteiger charge is -2.47. The van der Waals surface area contributed by atoms with E-state index in [1.165, 1.54) is 39.0 Å². The number of aliphatic hydroxyl groups excluding tert-OH is 1. The van der Waals surface area contributed by atoms with Gasteiger partial charge in [0, 0.05) is 0 Å². The van der Waals surface area contributed by atoms with E-state index in [2.05, 4.69) is 153 Å². The Kier molecular flexibility index (Phi) is 6.48. The fraction of sp³-hybridized carbons (Fsp3) is 0.200. The van der Waals surface area contributed by atoms with Crippen molar-refractivity contribution in [2.75, 3.05) is 0 Å². The van der Waals surface area contributed by atoms with Gasteiger partial charge in [0.2, 0.25) is 0 Å². The van der Waals surface area contributed by atoms with Crippen LogP contribution in [0, 0.1) is 18.3 Å². The Hall–Kier alpha value is -4.20. The zero-order chi connectivity index (χ0) is 27.9. The van der Waals surface area contributed by atoms with E-state index in [1.807, 2.05) is 0 Å². The van der Waals surface area contributed by atoms with Crippen LogP contribution >= 0.6 is 0 Å². The minimum absolute atomic E-state index is 0.0931. The standard InChI is InChI=1S/C40H36O/c1-29-22-24-32(25-23-29)38(41)40(33-18-10-4-11-19-33,34-20-12-5-13-21-34)39(26-27-39)36-28-35(36)37(30-14-6-2-7-15-30)31-16-8-3-9-17-31/h2-25,36,38,41H,26-28H2,1H3/t36-,38+/m1/s1. The van der Waals surface area contributed by atoms with Gasteiger partial charge in [0.1, 0.15) is 0 Å². The molecule has 2 fully saturated rings. The van der Waals surface area contributed by atoms with Gasteiger partial charge in [-0.2, -0.15) is 0 Å². The highest BCUT2D eigenvalue weighted by Gasteiger charge is 2.70. The molecule has 0 radical (unpaired) electrons. The molecule has 2 aliphatic rings. The van der Waals surface area contributed by atoms with Crippen LogP contribution in [0.15, 0.2) is 151 Å². The van der Waals surface area contributed by atoms with Crippen LogP contribution in [0.25, 0.3) is 5.57 Å². The molecule has 2 saturated carbocycles. The van der Waals surface area contributed by atoms with Gasteiger partial charge in [-0.1, -0.05) is 157 Å².